The first kappa shape index (κ1) is 17.0. The van der Waals surface area contributed by atoms with Crippen molar-refractivity contribution in [2.24, 2.45) is 5.73 Å². The Morgan fingerprint density at radius 1 is 1.05 bits per heavy atom. The Kier molecular flexibility index (Phi) is 5.93. The van der Waals surface area contributed by atoms with Crippen molar-refractivity contribution >= 4 is 30.7 Å². The van der Waals surface area contributed by atoms with E-state index < -0.39 is 5.54 Å². The van der Waals surface area contributed by atoms with E-state index in [1.807, 2.05) is 4.90 Å². The third-order valence-corrected chi connectivity index (χ3v) is 4.80. The van der Waals surface area contributed by atoms with Crippen LogP contribution in [0.15, 0.2) is 0 Å². The van der Waals surface area contributed by atoms with Crippen molar-refractivity contribution in [3.63, 3.8) is 0 Å². The first-order valence-electron chi connectivity index (χ1n) is 7.01. The van der Waals surface area contributed by atoms with Crippen LogP contribution in [0.25, 0.3) is 0 Å². The highest BCUT2D eigenvalue weighted by atomic mass is 35.5. The lowest BCUT2D eigenvalue weighted by Crippen LogP contribution is -2.64. The molecule has 0 aromatic heterocycles. The summed E-state index contributed by atoms with van der Waals surface area (Å²) >= 11 is 0. The summed E-state index contributed by atoms with van der Waals surface area (Å²) in [4.78, 5) is 16.9. The second-order valence-electron chi connectivity index (χ2n) is 5.95. The Labute approximate surface area is 127 Å². The zero-order chi connectivity index (χ0) is 11.9. The van der Waals surface area contributed by atoms with Gasteiger partial charge in [0.05, 0.1) is 5.54 Å². The summed E-state index contributed by atoms with van der Waals surface area (Å²) < 4.78 is 0. The van der Waals surface area contributed by atoms with E-state index in [4.69, 9.17) is 5.73 Å². The van der Waals surface area contributed by atoms with E-state index in [0.29, 0.717) is 6.04 Å². The molecule has 2 N–H and O–H groups in total. The largest absolute Gasteiger partial charge is 0.338 e. The summed E-state index contributed by atoms with van der Waals surface area (Å²) in [5.74, 6) is 0.217. The van der Waals surface area contributed by atoms with Crippen LogP contribution in [0.5, 0.6) is 0 Å². The number of halogens is 2. The normalized spacial score (nSPS) is 29.3. The minimum absolute atomic E-state index is 0. The van der Waals surface area contributed by atoms with Crippen LogP contribution in [0.2, 0.25) is 0 Å². The zero-order valence-electron chi connectivity index (χ0n) is 11.3. The number of rotatable bonds is 1. The molecule has 19 heavy (non-hydrogen) atoms. The molecule has 3 aliphatic rings. The van der Waals surface area contributed by atoms with Gasteiger partial charge in [-0.1, -0.05) is 6.42 Å². The number of nitrogens with zero attached hydrogens (tertiary/aromatic N) is 2. The van der Waals surface area contributed by atoms with Crippen molar-refractivity contribution in [2.75, 3.05) is 26.2 Å². The monoisotopic (exact) mass is 309 g/mol. The molecule has 112 valence electrons. The number of fused-ring (bicyclic) bond motifs is 1. The molecule has 1 saturated carbocycles. The maximum atomic E-state index is 12.4. The molecule has 2 saturated heterocycles. The predicted octanol–water partition coefficient (Wildman–Crippen LogP) is 1.41. The third-order valence-electron chi connectivity index (χ3n) is 4.80. The molecule has 0 aromatic carbocycles. The van der Waals surface area contributed by atoms with Gasteiger partial charge in [0, 0.05) is 25.7 Å². The molecule has 2 heterocycles. The smallest absolute Gasteiger partial charge is 0.242 e. The number of hydrogen-bond donors (Lipinski definition) is 1. The molecular weight excluding hydrogens is 285 g/mol. The number of carbonyl (C=O) groups excluding carboxylic acids is 1. The fourth-order valence-corrected chi connectivity index (χ4v) is 3.43. The van der Waals surface area contributed by atoms with Crippen molar-refractivity contribution < 1.29 is 4.79 Å². The molecule has 1 amide bonds. The molecule has 1 unspecified atom stereocenters. The van der Waals surface area contributed by atoms with Gasteiger partial charge in [-0.25, -0.2) is 0 Å². The summed E-state index contributed by atoms with van der Waals surface area (Å²) in [5.41, 5.74) is 5.64. The maximum Gasteiger partial charge on any atom is 0.242 e. The molecule has 3 rings (SSSR count). The standard InChI is InChI=1S/C13H23N3O.2ClH/c14-13(5-3-6-13)12(17)16-9-8-15-7-2-1-4-11(15)10-16;;/h11H,1-10,14H2;2*1H. The summed E-state index contributed by atoms with van der Waals surface area (Å²) in [7, 11) is 0. The fraction of sp³-hybridized carbons (Fsp3) is 0.923. The average Bonchev–Trinajstić information content (AvgIpc) is 2.34. The SMILES string of the molecule is Cl.Cl.NC1(C(=O)N2CCN3CCCCC3C2)CCC1. The lowest BCUT2D eigenvalue weighted by molar-refractivity contribution is -0.143. The van der Waals surface area contributed by atoms with Crippen LogP contribution in [0.4, 0.5) is 0 Å². The fourth-order valence-electron chi connectivity index (χ4n) is 3.43. The van der Waals surface area contributed by atoms with Gasteiger partial charge < -0.3 is 10.6 Å². The molecule has 6 heteroatoms. The number of carbonyl (C=O) groups is 1. The van der Waals surface area contributed by atoms with Crippen molar-refractivity contribution in [1.29, 1.82) is 0 Å². The van der Waals surface area contributed by atoms with Crippen molar-refractivity contribution in [1.82, 2.24) is 9.80 Å². The van der Waals surface area contributed by atoms with Crippen molar-refractivity contribution in [2.45, 2.75) is 50.1 Å². The molecule has 0 aromatic rings. The first-order chi connectivity index (χ1) is 8.19. The molecule has 4 nitrogen and oxygen atoms in total. The van der Waals surface area contributed by atoms with Gasteiger partial charge in [0.2, 0.25) is 5.91 Å². The Morgan fingerprint density at radius 3 is 2.42 bits per heavy atom. The van der Waals surface area contributed by atoms with E-state index >= 15 is 0 Å². The zero-order valence-corrected chi connectivity index (χ0v) is 13.0. The summed E-state index contributed by atoms with van der Waals surface area (Å²) in [6.07, 6.45) is 6.78. The van der Waals surface area contributed by atoms with Gasteiger partial charge in [-0.2, -0.15) is 0 Å². The Hall–Kier alpha value is -0.0300. The summed E-state index contributed by atoms with van der Waals surface area (Å²) in [5, 5.41) is 0. The molecule has 2 aliphatic heterocycles. The summed E-state index contributed by atoms with van der Waals surface area (Å²) in [6, 6.07) is 0.602. The number of amides is 1. The van der Waals surface area contributed by atoms with Crippen LogP contribution >= 0.6 is 24.8 Å². The highest BCUT2D eigenvalue weighted by Gasteiger charge is 2.44. The molecule has 0 radical (unpaired) electrons. The lowest BCUT2D eigenvalue weighted by atomic mass is 9.76. The van der Waals surface area contributed by atoms with E-state index in [9.17, 15) is 4.79 Å². The predicted molar refractivity (Wildman–Crippen MR) is 81.1 cm³/mol. The maximum absolute atomic E-state index is 12.4. The van der Waals surface area contributed by atoms with Crippen LogP contribution in [-0.4, -0.2) is 53.5 Å². The molecule has 1 aliphatic carbocycles. The van der Waals surface area contributed by atoms with E-state index in [0.717, 1.165) is 38.9 Å². The Bertz CT molecular complexity index is 323. The van der Waals surface area contributed by atoms with Crippen LogP contribution < -0.4 is 5.73 Å². The second kappa shape index (κ2) is 6.61. The van der Waals surface area contributed by atoms with E-state index in [2.05, 4.69) is 4.90 Å². The molecular formula is C13H25Cl2N3O. The van der Waals surface area contributed by atoms with Gasteiger partial charge in [-0.05, 0) is 38.6 Å². The minimum atomic E-state index is -0.503. The molecule has 0 spiro atoms. The van der Waals surface area contributed by atoms with Crippen LogP contribution in [0.3, 0.4) is 0 Å². The number of nitrogens with two attached hydrogens (primary N) is 1. The Balaban J connectivity index is 0.000000902. The minimum Gasteiger partial charge on any atom is -0.338 e. The van der Waals surface area contributed by atoms with Crippen LogP contribution in [0, 0.1) is 0 Å². The first-order valence-corrected chi connectivity index (χ1v) is 7.01. The van der Waals surface area contributed by atoms with Crippen LogP contribution in [-0.2, 0) is 4.79 Å². The quantitative estimate of drug-likeness (QED) is 0.797. The van der Waals surface area contributed by atoms with E-state index in [-0.39, 0.29) is 30.7 Å². The van der Waals surface area contributed by atoms with Crippen molar-refractivity contribution in [3.05, 3.63) is 0 Å². The summed E-state index contributed by atoms with van der Waals surface area (Å²) in [6.45, 7) is 4.07. The van der Waals surface area contributed by atoms with E-state index in [1.165, 1.54) is 25.8 Å². The third kappa shape index (κ3) is 3.18. The number of hydrogen-bond acceptors (Lipinski definition) is 3. The van der Waals surface area contributed by atoms with Gasteiger partial charge in [0.15, 0.2) is 0 Å². The highest BCUT2D eigenvalue weighted by Crippen LogP contribution is 2.32. The van der Waals surface area contributed by atoms with Gasteiger partial charge in [-0.15, -0.1) is 24.8 Å². The van der Waals surface area contributed by atoms with Gasteiger partial charge in [0.25, 0.3) is 0 Å². The lowest BCUT2D eigenvalue weighted by Gasteiger charge is -2.47. The molecule has 3 fully saturated rings. The van der Waals surface area contributed by atoms with Crippen molar-refractivity contribution in [3.8, 4) is 0 Å². The van der Waals surface area contributed by atoms with Crippen LogP contribution in [0.1, 0.15) is 38.5 Å². The number of piperidine rings is 1. The van der Waals surface area contributed by atoms with E-state index in [1.54, 1.807) is 0 Å². The van der Waals surface area contributed by atoms with Gasteiger partial charge in [0.1, 0.15) is 0 Å². The highest BCUT2D eigenvalue weighted by molar-refractivity contribution is 5.87. The average molecular weight is 310 g/mol. The van der Waals surface area contributed by atoms with Gasteiger partial charge in [-0.3, -0.25) is 9.69 Å². The van der Waals surface area contributed by atoms with Gasteiger partial charge >= 0.3 is 0 Å². The number of piperazine rings is 1. The topological polar surface area (TPSA) is 49.6 Å². The second-order valence-corrected chi connectivity index (χ2v) is 5.95. The molecule has 0 bridgehead atoms. The molecule has 1 atom stereocenters. The Morgan fingerprint density at radius 2 is 1.79 bits per heavy atom.